The lowest BCUT2D eigenvalue weighted by atomic mass is 10.2. The molecule has 2 amide bonds. The lowest BCUT2D eigenvalue weighted by Crippen LogP contribution is -2.21. The molecule has 2 rings (SSSR count). The fraction of sp³-hybridized carbons (Fsp3) is 0.176. The number of rotatable bonds is 5. The predicted octanol–water partition coefficient (Wildman–Crippen LogP) is 3.03. The highest BCUT2D eigenvalue weighted by Gasteiger charge is 2.08. The molecule has 0 atom stereocenters. The summed E-state index contributed by atoms with van der Waals surface area (Å²) in [6.45, 7) is 1.72. The molecule has 0 saturated heterocycles. The first-order valence-electron chi connectivity index (χ1n) is 7.00. The molecule has 0 fully saturated rings. The minimum atomic E-state index is -0.312. The molecule has 0 bridgehead atoms. The summed E-state index contributed by atoms with van der Waals surface area (Å²) in [6, 6.07) is 11.9. The lowest BCUT2D eigenvalue weighted by molar-refractivity contribution is -0.118. The van der Waals surface area contributed by atoms with Gasteiger partial charge in [0.1, 0.15) is 5.75 Å². The van der Waals surface area contributed by atoms with Crippen LogP contribution in [0.5, 0.6) is 5.75 Å². The summed E-state index contributed by atoms with van der Waals surface area (Å²) in [7, 11) is 1.55. The van der Waals surface area contributed by atoms with Gasteiger partial charge in [-0.1, -0.05) is 17.7 Å². The molecule has 0 heterocycles. The van der Waals surface area contributed by atoms with Gasteiger partial charge in [-0.05, 0) is 48.9 Å². The lowest BCUT2D eigenvalue weighted by Gasteiger charge is -2.10. The summed E-state index contributed by atoms with van der Waals surface area (Å²) in [6.07, 6.45) is 0. The van der Waals surface area contributed by atoms with Gasteiger partial charge in [0.15, 0.2) is 6.61 Å². The molecule has 0 saturated carbocycles. The standard InChI is InChI=1S/C17H17ClN2O3/c1-11-8-13(18)6-7-15(11)23-10-16(21)20-14-5-3-4-12(9-14)17(22)19-2/h3-9H,10H2,1-2H3,(H,19,22)(H,20,21). The molecule has 0 spiro atoms. The molecule has 23 heavy (non-hydrogen) atoms. The van der Waals surface area contributed by atoms with E-state index in [0.717, 1.165) is 5.56 Å². The van der Waals surface area contributed by atoms with Crippen molar-refractivity contribution in [3.63, 3.8) is 0 Å². The molecule has 0 radical (unpaired) electrons. The second-order valence-electron chi connectivity index (χ2n) is 4.91. The van der Waals surface area contributed by atoms with Crippen molar-refractivity contribution in [3.05, 3.63) is 58.6 Å². The van der Waals surface area contributed by atoms with Crippen LogP contribution in [0.1, 0.15) is 15.9 Å². The van der Waals surface area contributed by atoms with E-state index in [1.165, 1.54) is 0 Å². The Morgan fingerprint density at radius 2 is 1.96 bits per heavy atom. The summed E-state index contributed by atoms with van der Waals surface area (Å²) in [5, 5.41) is 5.84. The number of carbonyl (C=O) groups is 2. The number of hydrogen-bond acceptors (Lipinski definition) is 3. The summed E-state index contributed by atoms with van der Waals surface area (Å²) in [5.74, 6) is 0.0752. The monoisotopic (exact) mass is 332 g/mol. The summed E-state index contributed by atoms with van der Waals surface area (Å²) in [5.41, 5.74) is 1.86. The van der Waals surface area contributed by atoms with Gasteiger partial charge >= 0.3 is 0 Å². The number of anilines is 1. The van der Waals surface area contributed by atoms with Crippen molar-refractivity contribution >= 4 is 29.1 Å². The highest BCUT2D eigenvalue weighted by Crippen LogP contribution is 2.21. The van der Waals surface area contributed by atoms with E-state index in [0.29, 0.717) is 22.0 Å². The number of hydrogen-bond donors (Lipinski definition) is 2. The third-order valence-corrected chi connectivity index (χ3v) is 3.37. The molecule has 2 aromatic rings. The Kier molecular flexibility index (Phi) is 5.60. The van der Waals surface area contributed by atoms with E-state index in [1.54, 1.807) is 49.5 Å². The van der Waals surface area contributed by atoms with Crippen molar-refractivity contribution < 1.29 is 14.3 Å². The molecule has 2 aromatic carbocycles. The first kappa shape index (κ1) is 16.8. The van der Waals surface area contributed by atoms with E-state index in [1.807, 2.05) is 6.92 Å². The Labute approximate surface area is 139 Å². The normalized spacial score (nSPS) is 10.0. The van der Waals surface area contributed by atoms with Gasteiger partial charge in [0, 0.05) is 23.3 Å². The maximum Gasteiger partial charge on any atom is 0.262 e. The molecular formula is C17H17ClN2O3. The molecule has 120 valence electrons. The summed E-state index contributed by atoms with van der Waals surface area (Å²) >= 11 is 5.87. The van der Waals surface area contributed by atoms with Crippen LogP contribution in [-0.2, 0) is 4.79 Å². The second-order valence-corrected chi connectivity index (χ2v) is 5.34. The van der Waals surface area contributed by atoms with Crippen LogP contribution < -0.4 is 15.4 Å². The van der Waals surface area contributed by atoms with Gasteiger partial charge in [0.25, 0.3) is 11.8 Å². The number of halogens is 1. The summed E-state index contributed by atoms with van der Waals surface area (Å²) < 4.78 is 5.47. The Balaban J connectivity index is 1.96. The van der Waals surface area contributed by atoms with Gasteiger partial charge in [-0.3, -0.25) is 9.59 Å². The van der Waals surface area contributed by atoms with Crippen LogP contribution in [0.3, 0.4) is 0 Å². The van der Waals surface area contributed by atoms with E-state index in [9.17, 15) is 9.59 Å². The quantitative estimate of drug-likeness (QED) is 0.884. The van der Waals surface area contributed by atoms with Crippen LogP contribution in [0, 0.1) is 6.92 Å². The van der Waals surface area contributed by atoms with Gasteiger partial charge in [0.05, 0.1) is 0 Å². The fourth-order valence-electron chi connectivity index (χ4n) is 2.00. The van der Waals surface area contributed by atoms with Gasteiger partial charge in [-0.15, -0.1) is 0 Å². The highest BCUT2D eigenvalue weighted by molar-refractivity contribution is 6.30. The molecule has 0 aliphatic heterocycles. The molecule has 0 aliphatic rings. The zero-order valence-electron chi connectivity index (χ0n) is 12.9. The van der Waals surface area contributed by atoms with E-state index >= 15 is 0 Å². The van der Waals surface area contributed by atoms with E-state index in [4.69, 9.17) is 16.3 Å². The molecule has 0 aromatic heterocycles. The molecule has 0 aliphatic carbocycles. The predicted molar refractivity (Wildman–Crippen MR) is 90.1 cm³/mol. The zero-order valence-corrected chi connectivity index (χ0v) is 13.6. The minimum absolute atomic E-state index is 0.132. The van der Waals surface area contributed by atoms with Crippen LogP contribution in [0.4, 0.5) is 5.69 Å². The Bertz CT molecular complexity index is 732. The van der Waals surface area contributed by atoms with Crippen molar-refractivity contribution in [2.24, 2.45) is 0 Å². The maximum atomic E-state index is 12.0. The average molecular weight is 333 g/mol. The Morgan fingerprint density at radius 3 is 2.65 bits per heavy atom. The Morgan fingerprint density at radius 1 is 1.17 bits per heavy atom. The van der Waals surface area contributed by atoms with E-state index < -0.39 is 0 Å². The molecule has 2 N–H and O–H groups in total. The number of amides is 2. The second kappa shape index (κ2) is 7.65. The van der Waals surface area contributed by atoms with Crippen LogP contribution in [-0.4, -0.2) is 25.5 Å². The molecule has 0 unspecified atom stereocenters. The van der Waals surface area contributed by atoms with E-state index in [-0.39, 0.29) is 18.4 Å². The SMILES string of the molecule is CNC(=O)c1cccc(NC(=O)COc2ccc(Cl)cc2C)c1. The number of carbonyl (C=O) groups excluding carboxylic acids is 2. The number of benzene rings is 2. The number of ether oxygens (including phenoxy) is 1. The largest absolute Gasteiger partial charge is 0.483 e. The number of nitrogens with one attached hydrogen (secondary N) is 2. The Hall–Kier alpha value is -2.53. The minimum Gasteiger partial charge on any atom is -0.483 e. The fourth-order valence-corrected chi connectivity index (χ4v) is 2.22. The van der Waals surface area contributed by atoms with Crippen LogP contribution in [0.15, 0.2) is 42.5 Å². The number of aryl methyl sites for hydroxylation is 1. The first-order valence-corrected chi connectivity index (χ1v) is 7.38. The third kappa shape index (κ3) is 4.72. The van der Waals surface area contributed by atoms with Gasteiger partial charge in [-0.2, -0.15) is 0 Å². The maximum absolute atomic E-state index is 12.0. The zero-order chi connectivity index (χ0) is 16.8. The van der Waals surface area contributed by atoms with Gasteiger partial charge in [0.2, 0.25) is 0 Å². The van der Waals surface area contributed by atoms with Crippen LogP contribution in [0.2, 0.25) is 5.02 Å². The van der Waals surface area contributed by atoms with Crippen molar-refractivity contribution in [3.8, 4) is 5.75 Å². The topological polar surface area (TPSA) is 67.4 Å². The summed E-state index contributed by atoms with van der Waals surface area (Å²) in [4.78, 5) is 23.5. The first-order chi connectivity index (χ1) is 11.0. The molecular weight excluding hydrogens is 316 g/mol. The van der Waals surface area contributed by atoms with Crippen molar-refractivity contribution in [1.29, 1.82) is 0 Å². The smallest absolute Gasteiger partial charge is 0.262 e. The van der Waals surface area contributed by atoms with Crippen LogP contribution >= 0.6 is 11.6 Å². The van der Waals surface area contributed by atoms with Crippen molar-refractivity contribution in [1.82, 2.24) is 5.32 Å². The molecule has 5 nitrogen and oxygen atoms in total. The van der Waals surface area contributed by atoms with Crippen LogP contribution in [0.25, 0.3) is 0 Å². The highest BCUT2D eigenvalue weighted by atomic mass is 35.5. The molecule has 6 heteroatoms. The average Bonchev–Trinajstić information content (AvgIpc) is 2.53. The van der Waals surface area contributed by atoms with Gasteiger partial charge < -0.3 is 15.4 Å². The van der Waals surface area contributed by atoms with E-state index in [2.05, 4.69) is 10.6 Å². The van der Waals surface area contributed by atoms with Crippen molar-refractivity contribution in [2.45, 2.75) is 6.92 Å². The van der Waals surface area contributed by atoms with Gasteiger partial charge in [-0.25, -0.2) is 0 Å². The third-order valence-electron chi connectivity index (χ3n) is 3.13. The van der Waals surface area contributed by atoms with Crippen molar-refractivity contribution in [2.75, 3.05) is 19.0 Å².